The highest BCUT2D eigenvalue weighted by molar-refractivity contribution is 4.99. The van der Waals surface area contributed by atoms with E-state index in [1.54, 1.807) is 0 Å². The van der Waals surface area contributed by atoms with Gasteiger partial charge in [-0.15, -0.1) is 0 Å². The van der Waals surface area contributed by atoms with Gasteiger partial charge in [-0.1, -0.05) is 5.16 Å². The largest absolute Gasteiger partial charge is 0.368 e. The van der Waals surface area contributed by atoms with Crippen molar-refractivity contribution in [3.63, 3.8) is 0 Å². The molecule has 0 spiro atoms. The van der Waals surface area contributed by atoms with Crippen molar-refractivity contribution >= 4 is 0 Å². The van der Waals surface area contributed by atoms with Crippen molar-refractivity contribution in [2.24, 2.45) is 5.73 Å². The summed E-state index contributed by atoms with van der Waals surface area (Å²) in [5.41, 5.74) is 5.02. The lowest BCUT2D eigenvalue weighted by atomic mass is 10.0. The summed E-state index contributed by atoms with van der Waals surface area (Å²) in [7, 11) is 0. The maximum atomic E-state index is 5.89. The van der Waals surface area contributed by atoms with Crippen LogP contribution in [0.3, 0.4) is 0 Å². The minimum absolute atomic E-state index is 0.348. The second-order valence-corrected chi connectivity index (χ2v) is 5.12. The Bertz CT molecular complexity index is 339. The molecule has 0 aliphatic carbocycles. The third kappa shape index (κ3) is 3.57. The lowest BCUT2D eigenvalue weighted by Gasteiger charge is -2.20. The third-order valence-electron chi connectivity index (χ3n) is 2.12. The van der Waals surface area contributed by atoms with Crippen molar-refractivity contribution in [3.8, 4) is 0 Å². The lowest BCUT2D eigenvalue weighted by molar-refractivity contribution is -0.0221. The number of ether oxygens (including phenoxy) is 1. The van der Waals surface area contributed by atoms with Crippen molar-refractivity contribution in [2.75, 3.05) is 6.61 Å². The van der Waals surface area contributed by atoms with Gasteiger partial charge in [-0.2, -0.15) is 4.98 Å². The highest BCUT2D eigenvalue weighted by Crippen LogP contribution is 2.22. The van der Waals surface area contributed by atoms with E-state index >= 15 is 0 Å². The lowest BCUT2D eigenvalue weighted by Crippen LogP contribution is -2.34. The van der Waals surface area contributed by atoms with Crippen molar-refractivity contribution in [1.82, 2.24) is 10.1 Å². The molecule has 1 aromatic rings. The van der Waals surface area contributed by atoms with Gasteiger partial charge in [-0.25, -0.2) is 0 Å². The van der Waals surface area contributed by atoms with E-state index in [1.165, 1.54) is 0 Å². The zero-order chi connectivity index (χ0) is 12.4. The molecule has 0 aromatic carbocycles. The Morgan fingerprint density at radius 1 is 1.31 bits per heavy atom. The van der Waals surface area contributed by atoms with E-state index in [0.29, 0.717) is 24.7 Å². The van der Waals surface area contributed by atoms with Gasteiger partial charge >= 0.3 is 0 Å². The van der Waals surface area contributed by atoms with Crippen LogP contribution in [0.5, 0.6) is 0 Å². The van der Waals surface area contributed by atoms with Gasteiger partial charge in [0.25, 0.3) is 0 Å². The predicted molar refractivity (Wildman–Crippen MR) is 60.9 cm³/mol. The molecule has 92 valence electrons. The first kappa shape index (κ1) is 13.1. The molecular weight excluding hydrogens is 206 g/mol. The summed E-state index contributed by atoms with van der Waals surface area (Å²) in [4.78, 5) is 4.30. The van der Waals surface area contributed by atoms with Gasteiger partial charge in [-0.05, 0) is 34.6 Å². The smallest absolute Gasteiger partial charge is 0.228 e. The van der Waals surface area contributed by atoms with Crippen molar-refractivity contribution in [2.45, 2.75) is 52.2 Å². The van der Waals surface area contributed by atoms with Crippen LogP contribution in [0.15, 0.2) is 4.52 Å². The van der Waals surface area contributed by atoms with Gasteiger partial charge < -0.3 is 15.0 Å². The number of hydrogen-bond donors (Lipinski definition) is 1. The molecule has 0 saturated heterocycles. The van der Waals surface area contributed by atoms with Crippen LogP contribution in [0.4, 0.5) is 0 Å². The Morgan fingerprint density at radius 2 is 1.94 bits per heavy atom. The summed E-state index contributed by atoms with van der Waals surface area (Å²) in [5.74, 6) is 1.11. The molecule has 0 bridgehead atoms. The molecule has 0 unspecified atom stereocenters. The number of aromatic nitrogens is 2. The van der Waals surface area contributed by atoms with E-state index < -0.39 is 5.60 Å². The number of rotatable bonds is 5. The van der Waals surface area contributed by atoms with E-state index in [1.807, 2.05) is 34.6 Å². The monoisotopic (exact) mass is 227 g/mol. The third-order valence-corrected chi connectivity index (χ3v) is 2.12. The number of nitrogens with two attached hydrogens (primary N) is 1. The van der Waals surface area contributed by atoms with Crippen LogP contribution in [-0.2, 0) is 16.8 Å². The van der Waals surface area contributed by atoms with Crippen LogP contribution >= 0.6 is 0 Å². The summed E-state index contributed by atoms with van der Waals surface area (Å²) in [6.45, 7) is 10.2. The molecule has 1 rings (SSSR count). The Balaban J connectivity index is 2.79. The average molecular weight is 227 g/mol. The van der Waals surface area contributed by atoms with Crippen LogP contribution in [-0.4, -0.2) is 22.3 Å². The van der Waals surface area contributed by atoms with Crippen LogP contribution in [0, 0.1) is 0 Å². The zero-order valence-corrected chi connectivity index (χ0v) is 10.7. The molecule has 5 heteroatoms. The second-order valence-electron chi connectivity index (χ2n) is 5.12. The first-order valence-electron chi connectivity index (χ1n) is 5.50. The summed E-state index contributed by atoms with van der Waals surface area (Å²) in [6, 6.07) is 0. The molecule has 0 aliphatic heterocycles. The zero-order valence-electron chi connectivity index (χ0n) is 10.7. The predicted octanol–water partition coefficient (Wildman–Crippen LogP) is 1.62. The van der Waals surface area contributed by atoms with E-state index in [0.717, 1.165) is 0 Å². The summed E-state index contributed by atoms with van der Waals surface area (Å²) in [6.07, 6.45) is 0.558. The number of nitrogens with zero attached hydrogens (tertiary/aromatic N) is 2. The normalized spacial score (nSPS) is 13.1. The minimum atomic E-state index is -0.519. The quantitative estimate of drug-likeness (QED) is 0.827. The van der Waals surface area contributed by atoms with Gasteiger partial charge in [0.1, 0.15) is 5.60 Å². The molecular formula is C11H21N3O2. The van der Waals surface area contributed by atoms with Gasteiger partial charge in [-0.3, -0.25) is 0 Å². The fourth-order valence-electron chi connectivity index (χ4n) is 1.39. The van der Waals surface area contributed by atoms with Crippen molar-refractivity contribution in [3.05, 3.63) is 11.7 Å². The SMILES string of the molecule is CCOC(C)(C)c1noc(CC(C)(C)N)n1. The van der Waals surface area contributed by atoms with Crippen molar-refractivity contribution in [1.29, 1.82) is 0 Å². The summed E-state index contributed by atoms with van der Waals surface area (Å²) >= 11 is 0. The summed E-state index contributed by atoms with van der Waals surface area (Å²) in [5, 5.41) is 3.92. The fourth-order valence-corrected chi connectivity index (χ4v) is 1.39. The van der Waals surface area contributed by atoms with Gasteiger partial charge in [0.05, 0.1) is 0 Å². The van der Waals surface area contributed by atoms with E-state index in [-0.39, 0.29) is 5.54 Å². The van der Waals surface area contributed by atoms with Gasteiger partial charge in [0.2, 0.25) is 11.7 Å². The standard InChI is InChI=1S/C11H21N3O2/c1-6-15-11(4,5)9-13-8(16-14-9)7-10(2,3)12/h6-7,12H2,1-5H3. The Kier molecular flexibility index (Phi) is 3.70. The van der Waals surface area contributed by atoms with E-state index in [4.69, 9.17) is 15.0 Å². The molecule has 16 heavy (non-hydrogen) atoms. The maximum Gasteiger partial charge on any atom is 0.228 e. The highest BCUT2D eigenvalue weighted by atomic mass is 16.5. The fraction of sp³-hybridized carbons (Fsp3) is 0.818. The Hall–Kier alpha value is -0.940. The van der Waals surface area contributed by atoms with Crippen molar-refractivity contribution < 1.29 is 9.26 Å². The van der Waals surface area contributed by atoms with Crippen LogP contribution in [0.2, 0.25) is 0 Å². The molecule has 2 N–H and O–H groups in total. The topological polar surface area (TPSA) is 74.2 Å². The molecule has 0 atom stereocenters. The molecule has 5 nitrogen and oxygen atoms in total. The maximum absolute atomic E-state index is 5.89. The average Bonchev–Trinajstić information content (AvgIpc) is 2.49. The van der Waals surface area contributed by atoms with E-state index in [9.17, 15) is 0 Å². The van der Waals surface area contributed by atoms with Crippen LogP contribution in [0.1, 0.15) is 46.3 Å². The molecule has 0 fully saturated rings. The molecule has 1 aromatic heterocycles. The van der Waals surface area contributed by atoms with Gasteiger partial charge in [0.15, 0.2) is 0 Å². The molecule has 0 aliphatic rings. The molecule has 0 amide bonds. The number of hydrogen-bond acceptors (Lipinski definition) is 5. The van der Waals surface area contributed by atoms with Crippen LogP contribution in [0.25, 0.3) is 0 Å². The van der Waals surface area contributed by atoms with E-state index in [2.05, 4.69) is 10.1 Å². The first-order valence-corrected chi connectivity index (χ1v) is 5.50. The van der Waals surface area contributed by atoms with Crippen LogP contribution < -0.4 is 5.73 Å². The first-order chi connectivity index (χ1) is 7.24. The highest BCUT2D eigenvalue weighted by Gasteiger charge is 2.28. The summed E-state index contributed by atoms with van der Waals surface area (Å²) < 4.78 is 10.7. The Labute approximate surface area is 96.4 Å². The minimum Gasteiger partial charge on any atom is -0.368 e. The molecule has 1 heterocycles. The Morgan fingerprint density at radius 3 is 2.44 bits per heavy atom. The molecule has 0 radical (unpaired) electrons. The van der Waals surface area contributed by atoms with Gasteiger partial charge in [0, 0.05) is 18.6 Å². The molecule has 0 saturated carbocycles. The second kappa shape index (κ2) is 4.51.